The number of ether oxygens (including phenoxy) is 2. The Kier molecular flexibility index (Phi) is 7.39. The van der Waals surface area contributed by atoms with Crippen molar-refractivity contribution in [2.75, 3.05) is 26.4 Å². The molecule has 5 rings (SSSR count). The Bertz CT molecular complexity index is 1160. The van der Waals surface area contributed by atoms with Crippen molar-refractivity contribution < 1.29 is 19.1 Å². The summed E-state index contributed by atoms with van der Waals surface area (Å²) in [4.78, 5) is 26.7. The normalized spacial score (nSPS) is 23.2. The standard InChI is InChI=1S/C27H32N4O4/c1-18-25(22-6-2-3-7-23(22)29-18)27(32)30-20-11-9-19(10-12-20)26(24-8-4-5-13-28-24)31-35-17-21-16-33-14-15-34-21/h2-8,13,19-21,29H,9-12,14-17H2,1H3,(H,30,32)/b31-26+. The predicted molar refractivity (Wildman–Crippen MR) is 134 cm³/mol. The van der Waals surface area contributed by atoms with Crippen LogP contribution in [0, 0.1) is 12.8 Å². The van der Waals surface area contributed by atoms with Gasteiger partial charge in [0.05, 0.1) is 31.1 Å². The summed E-state index contributed by atoms with van der Waals surface area (Å²) in [5.74, 6) is 0.205. The number of oxime groups is 1. The van der Waals surface area contributed by atoms with E-state index >= 15 is 0 Å². The number of fused-ring (bicyclic) bond motifs is 1. The van der Waals surface area contributed by atoms with Crippen LogP contribution in [0.2, 0.25) is 0 Å². The number of aromatic amines is 1. The topological polar surface area (TPSA) is 97.8 Å². The second kappa shape index (κ2) is 11.0. The molecule has 8 nitrogen and oxygen atoms in total. The average molecular weight is 477 g/mol. The van der Waals surface area contributed by atoms with Crippen molar-refractivity contribution in [2.24, 2.45) is 11.1 Å². The van der Waals surface area contributed by atoms with Crippen molar-refractivity contribution in [1.82, 2.24) is 15.3 Å². The largest absolute Gasteiger partial charge is 0.393 e. The predicted octanol–water partition coefficient (Wildman–Crippen LogP) is 4.00. The van der Waals surface area contributed by atoms with Gasteiger partial charge in [-0.25, -0.2) is 0 Å². The third-order valence-corrected chi connectivity index (χ3v) is 6.81. The molecule has 2 aromatic heterocycles. The van der Waals surface area contributed by atoms with E-state index in [2.05, 4.69) is 20.4 Å². The number of carbonyl (C=O) groups excluding carboxylic acids is 1. The Morgan fingerprint density at radius 2 is 1.97 bits per heavy atom. The van der Waals surface area contributed by atoms with E-state index in [0.717, 1.165) is 59.2 Å². The Morgan fingerprint density at radius 3 is 2.74 bits per heavy atom. The highest BCUT2D eigenvalue weighted by Gasteiger charge is 2.29. The SMILES string of the molecule is Cc1[nH]c2ccccc2c1C(=O)NC1CCC(/C(=N\OCC2COCCO2)c2ccccn2)CC1. The lowest BCUT2D eigenvalue weighted by Gasteiger charge is -2.29. The number of hydrogen-bond donors (Lipinski definition) is 2. The summed E-state index contributed by atoms with van der Waals surface area (Å²) < 4.78 is 11.1. The third-order valence-electron chi connectivity index (χ3n) is 6.81. The van der Waals surface area contributed by atoms with Gasteiger partial charge in [-0.05, 0) is 50.8 Å². The van der Waals surface area contributed by atoms with Crippen molar-refractivity contribution in [3.8, 4) is 0 Å². The van der Waals surface area contributed by atoms with Gasteiger partial charge in [-0.15, -0.1) is 0 Å². The van der Waals surface area contributed by atoms with E-state index in [1.165, 1.54) is 0 Å². The highest BCUT2D eigenvalue weighted by atomic mass is 16.7. The second-order valence-corrected chi connectivity index (χ2v) is 9.25. The second-order valence-electron chi connectivity index (χ2n) is 9.25. The molecule has 1 amide bonds. The van der Waals surface area contributed by atoms with Crippen LogP contribution in [0.3, 0.4) is 0 Å². The van der Waals surface area contributed by atoms with Gasteiger partial charge in [0.2, 0.25) is 0 Å². The minimum atomic E-state index is -0.101. The first-order valence-corrected chi connectivity index (χ1v) is 12.4. The molecule has 1 atom stereocenters. The fourth-order valence-corrected chi connectivity index (χ4v) is 5.01. The van der Waals surface area contributed by atoms with Gasteiger partial charge >= 0.3 is 0 Å². The van der Waals surface area contributed by atoms with Crippen molar-refractivity contribution in [3.05, 3.63) is 65.6 Å². The molecule has 3 heterocycles. The molecular weight excluding hydrogens is 444 g/mol. The third kappa shape index (κ3) is 5.55. The number of pyridine rings is 1. The zero-order chi connectivity index (χ0) is 24.0. The molecule has 35 heavy (non-hydrogen) atoms. The van der Waals surface area contributed by atoms with Gasteiger partial charge < -0.3 is 24.6 Å². The van der Waals surface area contributed by atoms with E-state index in [0.29, 0.717) is 26.4 Å². The number of para-hydroxylation sites is 1. The van der Waals surface area contributed by atoms with Crippen LogP contribution in [-0.4, -0.2) is 60.2 Å². The smallest absolute Gasteiger partial charge is 0.253 e. The summed E-state index contributed by atoms with van der Waals surface area (Å²) in [5, 5.41) is 8.74. The molecule has 8 heteroatoms. The average Bonchev–Trinajstić information content (AvgIpc) is 3.24. The first kappa shape index (κ1) is 23.5. The van der Waals surface area contributed by atoms with Crippen LogP contribution in [0.25, 0.3) is 10.9 Å². The highest BCUT2D eigenvalue weighted by molar-refractivity contribution is 6.08. The summed E-state index contributed by atoms with van der Waals surface area (Å²) in [6.45, 7) is 4.03. The van der Waals surface area contributed by atoms with Gasteiger partial charge in [0.1, 0.15) is 18.4 Å². The van der Waals surface area contributed by atoms with Crippen LogP contribution in [0.5, 0.6) is 0 Å². The van der Waals surface area contributed by atoms with E-state index in [4.69, 9.17) is 14.3 Å². The lowest BCUT2D eigenvalue weighted by molar-refractivity contribution is -0.115. The van der Waals surface area contributed by atoms with Crippen molar-refractivity contribution in [3.63, 3.8) is 0 Å². The van der Waals surface area contributed by atoms with Crippen molar-refractivity contribution >= 4 is 22.5 Å². The lowest BCUT2D eigenvalue weighted by atomic mass is 9.82. The van der Waals surface area contributed by atoms with E-state index in [1.54, 1.807) is 6.20 Å². The summed E-state index contributed by atoms with van der Waals surface area (Å²) in [6.07, 6.45) is 5.24. The molecule has 3 aromatic rings. The van der Waals surface area contributed by atoms with Crippen LogP contribution >= 0.6 is 0 Å². The molecule has 2 N–H and O–H groups in total. The number of aryl methyl sites for hydroxylation is 1. The van der Waals surface area contributed by atoms with Crippen molar-refractivity contribution in [2.45, 2.75) is 44.8 Å². The van der Waals surface area contributed by atoms with Gasteiger partial charge in [0.25, 0.3) is 5.91 Å². The summed E-state index contributed by atoms with van der Waals surface area (Å²) >= 11 is 0. The van der Waals surface area contributed by atoms with Gasteiger partial charge in [-0.1, -0.05) is 29.4 Å². The molecule has 184 valence electrons. The highest BCUT2D eigenvalue weighted by Crippen LogP contribution is 2.29. The molecule has 0 spiro atoms. The Hall–Kier alpha value is -3.23. The van der Waals surface area contributed by atoms with E-state index in [-0.39, 0.29) is 24.0 Å². The zero-order valence-corrected chi connectivity index (χ0v) is 20.0. The van der Waals surface area contributed by atoms with Crippen LogP contribution in [0.1, 0.15) is 47.4 Å². The van der Waals surface area contributed by atoms with Gasteiger partial charge in [0.15, 0.2) is 0 Å². The molecule has 2 aliphatic rings. The van der Waals surface area contributed by atoms with Gasteiger partial charge in [-0.3, -0.25) is 9.78 Å². The van der Waals surface area contributed by atoms with Gasteiger partial charge in [0, 0.05) is 34.8 Å². The molecule has 1 aromatic carbocycles. The number of H-pyrrole nitrogens is 1. The first-order chi connectivity index (χ1) is 17.2. The number of rotatable bonds is 7. The molecule has 1 aliphatic heterocycles. The molecule has 0 bridgehead atoms. The minimum Gasteiger partial charge on any atom is -0.393 e. The summed E-state index contributed by atoms with van der Waals surface area (Å²) in [5.41, 5.74) is 4.31. The molecule has 1 aliphatic carbocycles. The van der Waals surface area contributed by atoms with E-state index in [9.17, 15) is 4.79 Å². The quantitative estimate of drug-likeness (QED) is 0.397. The maximum Gasteiger partial charge on any atom is 0.253 e. The number of carbonyl (C=O) groups is 1. The van der Waals surface area contributed by atoms with Gasteiger partial charge in [-0.2, -0.15) is 0 Å². The van der Waals surface area contributed by atoms with Crippen LogP contribution in [0.15, 0.2) is 53.8 Å². The summed E-state index contributed by atoms with van der Waals surface area (Å²) in [6, 6.07) is 13.9. The Labute approximate surface area is 205 Å². The number of nitrogens with one attached hydrogen (secondary N) is 2. The van der Waals surface area contributed by atoms with Crippen LogP contribution < -0.4 is 5.32 Å². The Morgan fingerprint density at radius 1 is 1.14 bits per heavy atom. The number of amides is 1. The maximum absolute atomic E-state index is 13.1. The molecule has 2 fully saturated rings. The zero-order valence-electron chi connectivity index (χ0n) is 20.0. The first-order valence-electron chi connectivity index (χ1n) is 12.4. The number of hydrogen-bond acceptors (Lipinski definition) is 6. The minimum absolute atomic E-state index is 0.0138. The molecule has 1 saturated carbocycles. The fraction of sp³-hybridized carbons (Fsp3) is 0.444. The lowest BCUT2D eigenvalue weighted by Crippen LogP contribution is -2.39. The summed E-state index contributed by atoms with van der Waals surface area (Å²) in [7, 11) is 0. The molecule has 0 radical (unpaired) electrons. The van der Waals surface area contributed by atoms with Crippen molar-refractivity contribution in [1.29, 1.82) is 0 Å². The Balaban J connectivity index is 1.22. The molecule has 1 unspecified atom stereocenters. The van der Waals surface area contributed by atoms with Crippen LogP contribution in [0.4, 0.5) is 0 Å². The number of benzene rings is 1. The number of nitrogens with zero attached hydrogens (tertiary/aromatic N) is 2. The molecule has 1 saturated heterocycles. The monoisotopic (exact) mass is 476 g/mol. The fourth-order valence-electron chi connectivity index (χ4n) is 5.01. The van der Waals surface area contributed by atoms with E-state index in [1.807, 2.05) is 49.4 Å². The van der Waals surface area contributed by atoms with E-state index < -0.39 is 0 Å². The maximum atomic E-state index is 13.1. The molecular formula is C27H32N4O4. The van der Waals surface area contributed by atoms with Crippen LogP contribution in [-0.2, 0) is 14.3 Å². The number of aromatic nitrogens is 2.